The molecule has 6 nitrogen and oxygen atoms in total. The van der Waals surface area contributed by atoms with Crippen LogP contribution in [0.5, 0.6) is 0 Å². The van der Waals surface area contributed by atoms with Gasteiger partial charge in [-0.2, -0.15) is 0 Å². The van der Waals surface area contributed by atoms with Crippen LogP contribution in [-0.2, 0) is 9.53 Å². The molecule has 6 heteroatoms. The summed E-state index contributed by atoms with van der Waals surface area (Å²) in [5, 5.41) is 2.58. The van der Waals surface area contributed by atoms with Crippen molar-refractivity contribution in [2.24, 2.45) is 0 Å². The number of rotatable bonds is 2. The van der Waals surface area contributed by atoms with Crippen molar-refractivity contribution >= 4 is 23.3 Å². The van der Waals surface area contributed by atoms with Crippen molar-refractivity contribution in [3.05, 3.63) is 24.3 Å². The minimum Gasteiger partial charge on any atom is -0.399 e. The third-order valence-electron chi connectivity index (χ3n) is 2.55. The molecule has 3 N–H and O–H groups in total. The van der Waals surface area contributed by atoms with Gasteiger partial charge in [0.1, 0.15) is 0 Å². The summed E-state index contributed by atoms with van der Waals surface area (Å²) in [5.41, 5.74) is 6.55. The molecule has 1 aromatic carbocycles. The van der Waals surface area contributed by atoms with E-state index in [-0.39, 0.29) is 12.5 Å². The van der Waals surface area contributed by atoms with Crippen LogP contribution in [0.4, 0.5) is 16.2 Å². The van der Waals surface area contributed by atoms with E-state index in [2.05, 4.69) is 5.32 Å². The maximum absolute atomic E-state index is 12.0. The molecule has 0 spiro atoms. The Morgan fingerprint density at radius 2 is 2.24 bits per heavy atom. The molecule has 0 aromatic heterocycles. The highest BCUT2D eigenvalue weighted by atomic mass is 16.5. The number of nitrogen functional groups attached to an aromatic ring is 1. The lowest BCUT2D eigenvalue weighted by molar-refractivity contribution is -0.128. The zero-order valence-corrected chi connectivity index (χ0v) is 9.34. The first-order chi connectivity index (χ1) is 8.13. The van der Waals surface area contributed by atoms with Crippen LogP contribution in [0, 0.1) is 0 Å². The van der Waals surface area contributed by atoms with Gasteiger partial charge in [-0.25, -0.2) is 9.69 Å². The molecule has 1 aromatic rings. The van der Waals surface area contributed by atoms with Gasteiger partial charge in [0.2, 0.25) is 0 Å². The largest absolute Gasteiger partial charge is 0.399 e. The molecule has 0 aliphatic carbocycles. The minimum absolute atomic E-state index is 0.187. The Balaban J connectivity index is 2.34. The van der Waals surface area contributed by atoms with Crippen molar-refractivity contribution in [2.45, 2.75) is 6.10 Å². The number of amides is 3. The van der Waals surface area contributed by atoms with Gasteiger partial charge in [0.05, 0.1) is 12.2 Å². The zero-order valence-electron chi connectivity index (χ0n) is 9.34. The fraction of sp³-hybridized carbons (Fsp3) is 0.273. The zero-order chi connectivity index (χ0) is 12.4. The Morgan fingerprint density at radius 1 is 1.47 bits per heavy atom. The molecule has 1 aliphatic rings. The number of methoxy groups -OCH3 is 1. The standard InChI is InChI=1S/C11H13N3O3/c1-17-9-6-13-11(16)14(10(9)15)8-4-2-3-7(12)5-8/h2-5,9H,6,12H2,1H3,(H,13,16). The molecule has 1 saturated heterocycles. The van der Waals surface area contributed by atoms with Crippen LogP contribution in [-0.4, -0.2) is 31.7 Å². The van der Waals surface area contributed by atoms with Crippen molar-refractivity contribution in [3.8, 4) is 0 Å². The fourth-order valence-electron chi connectivity index (χ4n) is 1.68. The quantitative estimate of drug-likeness (QED) is 0.724. The summed E-state index contributed by atoms with van der Waals surface area (Å²) < 4.78 is 5.00. The van der Waals surface area contributed by atoms with E-state index in [1.807, 2.05) is 0 Å². The van der Waals surface area contributed by atoms with E-state index in [1.54, 1.807) is 24.3 Å². The van der Waals surface area contributed by atoms with E-state index in [0.29, 0.717) is 11.4 Å². The van der Waals surface area contributed by atoms with Gasteiger partial charge in [-0.15, -0.1) is 0 Å². The van der Waals surface area contributed by atoms with Gasteiger partial charge in [-0.1, -0.05) is 6.07 Å². The molecule has 17 heavy (non-hydrogen) atoms. The van der Waals surface area contributed by atoms with Crippen molar-refractivity contribution < 1.29 is 14.3 Å². The van der Waals surface area contributed by atoms with Gasteiger partial charge in [-0.3, -0.25) is 4.79 Å². The van der Waals surface area contributed by atoms with Crippen molar-refractivity contribution in [3.63, 3.8) is 0 Å². The molecule has 1 atom stereocenters. The summed E-state index contributed by atoms with van der Waals surface area (Å²) in [6, 6.07) is 6.11. The Labute approximate surface area is 98.3 Å². The van der Waals surface area contributed by atoms with Gasteiger partial charge >= 0.3 is 6.03 Å². The van der Waals surface area contributed by atoms with Crippen molar-refractivity contribution in [1.29, 1.82) is 0 Å². The van der Waals surface area contributed by atoms with E-state index in [9.17, 15) is 9.59 Å². The highest BCUT2D eigenvalue weighted by molar-refractivity contribution is 6.17. The number of nitrogens with one attached hydrogen (secondary N) is 1. The molecule has 1 fully saturated rings. The number of carbonyl (C=O) groups is 2. The van der Waals surface area contributed by atoms with E-state index in [4.69, 9.17) is 10.5 Å². The first kappa shape index (κ1) is 11.4. The fourth-order valence-corrected chi connectivity index (χ4v) is 1.68. The minimum atomic E-state index is -0.658. The number of nitrogens with two attached hydrogens (primary N) is 1. The van der Waals surface area contributed by atoms with Crippen molar-refractivity contribution in [2.75, 3.05) is 24.3 Å². The number of carbonyl (C=O) groups excluding carboxylic acids is 2. The average molecular weight is 235 g/mol. The molecule has 3 amide bonds. The van der Waals surface area contributed by atoms with E-state index in [0.717, 1.165) is 4.90 Å². The number of hydrogen-bond donors (Lipinski definition) is 2. The first-order valence-electron chi connectivity index (χ1n) is 5.13. The van der Waals surface area contributed by atoms with Crippen LogP contribution in [0.1, 0.15) is 0 Å². The smallest absolute Gasteiger partial charge is 0.328 e. The normalized spacial score (nSPS) is 20.3. The molecular weight excluding hydrogens is 222 g/mol. The highest BCUT2D eigenvalue weighted by Crippen LogP contribution is 2.20. The van der Waals surface area contributed by atoms with E-state index >= 15 is 0 Å². The lowest BCUT2D eigenvalue weighted by Gasteiger charge is -2.30. The number of anilines is 2. The van der Waals surface area contributed by atoms with E-state index in [1.165, 1.54) is 7.11 Å². The van der Waals surface area contributed by atoms with Gasteiger partial charge in [-0.05, 0) is 18.2 Å². The van der Waals surface area contributed by atoms with Crippen LogP contribution in [0.15, 0.2) is 24.3 Å². The lowest BCUT2D eigenvalue weighted by atomic mass is 10.2. The van der Waals surface area contributed by atoms with Gasteiger partial charge < -0.3 is 15.8 Å². The number of nitrogens with zero attached hydrogens (tertiary/aromatic N) is 1. The highest BCUT2D eigenvalue weighted by Gasteiger charge is 2.35. The molecule has 0 radical (unpaired) electrons. The summed E-state index contributed by atoms with van der Waals surface area (Å²) in [6.45, 7) is 0.187. The molecule has 90 valence electrons. The monoisotopic (exact) mass is 235 g/mol. The molecule has 1 heterocycles. The van der Waals surface area contributed by atoms with Crippen molar-refractivity contribution in [1.82, 2.24) is 5.32 Å². The molecule has 2 rings (SSSR count). The summed E-state index contributed by atoms with van der Waals surface area (Å²) in [7, 11) is 1.43. The molecule has 1 unspecified atom stereocenters. The molecule has 0 saturated carbocycles. The Morgan fingerprint density at radius 3 is 2.88 bits per heavy atom. The Kier molecular flexibility index (Phi) is 2.97. The molecular formula is C11H13N3O3. The van der Waals surface area contributed by atoms with Gasteiger partial charge in [0, 0.05) is 12.8 Å². The number of imide groups is 1. The Hall–Kier alpha value is -2.08. The second kappa shape index (κ2) is 4.42. The van der Waals surface area contributed by atoms with Gasteiger partial charge in [0.15, 0.2) is 6.10 Å². The summed E-state index contributed by atoms with van der Waals surface area (Å²) in [5.74, 6) is -0.387. The van der Waals surface area contributed by atoms with Gasteiger partial charge in [0.25, 0.3) is 5.91 Å². The van der Waals surface area contributed by atoms with E-state index < -0.39 is 12.1 Å². The average Bonchev–Trinajstić information content (AvgIpc) is 2.29. The third kappa shape index (κ3) is 2.07. The summed E-state index contributed by atoms with van der Waals surface area (Å²) in [4.78, 5) is 24.7. The maximum Gasteiger partial charge on any atom is 0.328 e. The number of ether oxygens (including phenoxy) is 1. The SMILES string of the molecule is COC1CNC(=O)N(c2cccc(N)c2)C1=O. The first-order valence-corrected chi connectivity index (χ1v) is 5.13. The topological polar surface area (TPSA) is 84.7 Å². The van der Waals surface area contributed by atoms with Crippen LogP contribution in [0.3, 0.4) is 0 Å². The summed E-state index contributed by atoms with van der Waals surface area (Å²) >= 11 is 0. The number of urea groups is 1. The Bertz CT molecular complexity index is 461. The summed E-state index contributed by atoms with van der Waals surface area (Å²) in [6.07, 6.45) is -0.658. The third-order valence-corrected chi connectivity index (χ3v) is 2.55. The maximum atomic E-state index is 12.0. The second-order valence-electron chi connectivity index (χ2n) is 3.68. The molecule has 0 bridgehead atoms. The second-order valence-corrected chi connectivity index (χ2v) is 3.68. The number of hydrogen-bond acceptors (Lipinski definition) is 4. The lowest BCUT2D eigenvalue weighted by Crippen LogP contribution is -2.58. The van der Waals surface area contributed by atoms with Crippen LogP contribution in [0.2, 0.25) is 0 Å². The predicted octanol–water partition coefficient (Wildman–Crippen LogP) is 0.340. The molecule has 1 aliphatic heterocycles. The van der Waals surface area contributed by atoms with Crippen LogP contribution < -0.4 is 16.0 Å². The van der Waals surface area contributed by atoms with Crippen LogP contribution >= 0.6 is 0 Å². The predicted molar refractivity (Wildman–Crippen MR) is 62.5 cm³/mol. The van der Waals surface area contributed by atoms with Crippen LogP contribution in [0.25, 0.3) is 0 Å². The number of benzene rings is 1.